The van der Waals surface area contributed by atoms with Crippen molar-refractivity contribution in [1.82, 2.24) is 15.3 Å². The Morgan fingerprint density at radius 3 is 2.54 bits per heavy atom. The summed E-state index contributed by atoms with van der Waals surface area (Å²) in [5, 5.41) is 6.11. The smallest absolute Gasteiger partial charge is 0.275 e. The average Bonchev–Trinajstić information content (AvgIpc) is 2.57. The van der Waals surface area contributed by atoms with Crippen LogP contribution < -0.4 is 15.5 Å². The average molecular weight is 370 g/mol. The number of rotatable bonds is 3. The summed E-state index contributed by atoms with van der Waals surface area (Å²) >= 11 is 0. The van der Waals surface area contributed by atoms with E-state index >= 15 is 0 Å². The molecule has 24 heavy (non-hydrogen) atoms. The van der Waals surface area contributed by atoms with E-state index in [0.717, 1.165) is 37.4 Å². The predicted molar refractivity (Wildman–Crippen MR) is 101 cm³/mol. The molecule has 0 bridgehead atoms. The number of hydrogen-bond acceptors (Lipinski definition) is 5. The van der Waals surface area contributed by atoms with E-state index in [2.05, 4.69) is 25.5 Å². The molecule has 130 valence electrons. The van der Waals surface area contributed by atoms with Crippen LogP contribution in [0.1, 0.15) is 16.1 Å². The maximum Gasteiger partial charge on any atom is 0.275 e. The number of carbonyl (C=O) groups excluding carboxylic acids is 1. The summed E-state index contributed by atoms with van der Waals surface area (Å²) in [6, 6.07) is 7.49. The summed E-state index contributed by atoms with van der Waals surface area (Å²) in [4.78, 5) is 22.9. The van der Waals surface area contributed by atoms with Gasteiger partial charge in [0.15, 0.2) is 0 Å². The van der Waals surface area contributed by atoms with Gasteiger partial charge >= 0.3 is 0 Å². The molecule has 0 aliphatic carbocycles. The van der Waals surface area contributed by atoms with E-state index in [1.54, 1.807) is 12.4 Å². The van der Waals surface area contributed by atoms with Gasteiger partial charge in [-0.3, -0.25) is 9.78 Å². The molecule has 1 amide bonds. The van der Waals surface area contributed by atoms with Crippen molar-refractivity contribution >= 4 is 42.2 Å². The van der Waals surface area contributed by atoms with Crippen molar-refractivity contribution in [3.8, 4) is 0 Å². The van der Waals surface area contributed by atoms with Gasteiger partial charge in [-0.2, -0.15) is 0 Å². The normalized spacial score (nSPS) is 13.5. The number of piperazine rings is 1. The van der Waals surface area contributed by atoms with Crippen molar-refractivity contribution in [3.05, 3.63) is 47.9 Å². The zero-order valence-electron chi connectivity index (χ0n) is 13.4. The Labute approximate surface area is 153 Å². The number of hydrogen-bond donors (Lipinski definition) is 2. The number of anilines is 2. The molecular formula is C16H21Cl2N5O. The van der Waals surface area contributed by atoms with Gasteiger partial charge in [-0.25, -0.2) is 4.98 Å². The molecule has 0 saturated carbocycles. The molecule has 0 atom stereocenters. The van der Waals surface area contributed by atoms with Gasteiger partial charge in [-0.1, -0.05) is 6.07 Å². The molecule has 3 rings (SSSR count). The van der Waals surface area contributed by atoms with Gasteiger partial charge < -0.3 is 15.5 Å². The molecule has 3 heterocycles. The van der Waals surface area contributed by atoms with E-state index in [0.29, 0.717) is 11.5 Å². The fraction of sp³-hybridized carbons (Fsp3) is 0.312. The maximum atomic E-state index is 12.2. The Bertz CT molecular complexity index is 660. The first-order valence-corrected chi connectivity index (χ1v) is 7.39. The predicted octanol–water partition coefficient (Wildman–Crippen LogP) is 2.29. The fourth-order valence-corrected chi connectivity index (χ4v) is 2.47. The molecule has 1 aliphatic heterocycles. The molecule has 8 heteroatoms. The highest BCUT2D eigenvalue weighted by atomic mass is 35.5. The van der Waals surface area contributed by atoms with Gasteiger partial charge in [0, 0.05) is 32.4 Å². The van der Waals surface area contributed by atoms with Crippen molar-refractivity contribution in [2.75, 3.05) is 36.4 Å². The highest BCUT2D eigenvalue weighted by Crippen LogP contribution is 2.16. The van der Waals surface area contributed by atoms with Crippen LogP contribution in [-0.4, -0.2) is 42.1 Å². The van der Waals surface area contributed by atoms with Gasteiger partial charge in [0.05, 0.1) is 11.9 Å². The Morgan fingerprint density at radius 2 is 1.92 bits per heavy atom. The minimum atomic E-state index is -0.236. The quantitative estimate of drug-likeness (QED) is 0.868. The molecule has 1 fully saturated rings. The third-order valence-corrected chi connectivity index (χ3v) is 3.70. The summed E-state index contributed by atoms with van der Waals surface area (Å²) in [5.41, 5.74) is 2.35. The van der Waals surface area contributed by atoms with Crippen LogP contribution in [0.2, 0.25) is 0 Å². The number of aryl methyl sites for hydroxylation is 1. The SMILES string of the molecule is Cc1cccnc1C(=O)Nc1ccc(N2CCNCC2)cn1.Cl.Cl. The van der Waals surface area contributed by atoms with E-state index in [1.807, 2.05) is 31.2 Å². The minimum Gasteiger partial charge on any atom is -0.368 e. The van der Waals surface area contributed by atoms with E-state index in [-0.39, 0.29) is 30.7 Å². The molecule has 2 N–H and O–H groups in total. The Balaban J connectivity index is 0.00000144. The molecule has 2 aromatic heterocycles. The first-order chi connectivity index (χ1) is 10.7. The number of nitrogens with one attached hydrogen (secondary N) is 2. The summed E-state index contributed by atoms with van der Waals surface area (Å²) in [5.74, 6) is 0.300. The topological polar surface area (TPSA) is 70.2 Å². The Hall–Kier alpha value is -1.89. The van der Waals surface area contributed by atoms with Crippen LogP contribution >= 0.6 is 24.8 Å². The number of pyridine rings is 2. The Morgan fingerprint density at radius 1 is 1.17 bits per heavy atom. The lowest BCUT2D eigenvalue weighted by Gasteiger charge is -2.29. The zero-order valence-corrected chi connectivity index (χ0v) is 15.0. The van der Waals surface area contributed by atoms with Gasteiger partial charge in [0.2, 0.25) is 0 Å². The number of aromatic nitrogens is 2. The molecule has 6 nitrogen and oxygen atoms in total. The maximum absolute atomic E-state index is 12.2. The summed E-state index contributed by atoms with van der Waals surface area (Å²) in [7, 11) is 0. The molecular weight excluding hydrogens is 349 g/mol. The first kappa shape index (κ1) is 20.2. The standard InChI is InChI=1S/C16H19N5O.2ClH/c1-12-3-2-6-18-15(12)16(22)20-14-5-4-13(11-19-14)21-9-7-17-8-10-21;;/h2-6,11,17H,7-10H2,1H3,(H,19,20,22);2*1H. The van der Waals surface area contributed by atoms with Crippen molar-refractivity contribution in [2.24, 2.45) is 0 Å². The highest BCUT2D eigenvalue weighted by molar-refractivity contribution is 6.03. The van der Waals surface area contributed by atoms with Crippen LogP contribution in [-0.2, 0) is 0 Å². The first-order valence-electron chi connectivity index (χ1n) is 7.39. The van der Waals surface area contributed by atoms with Gasteiger partial charge in [-0.05, 0) is 30.7 Å². The molecule has 0 aromatic carbocycles. The van der Waals surface area contributed by atoms with Crippen LogP contribution in [0.3, 0.4) is 0 Å². The monoisotopic (exact) mass is 369 g/mol. The minimum absolute atomic E-state index is 0. The van der Waals surface area contributed by atoms with E-state index in [9.17, 15) is 4.79 Å². The van der Waals surface area contributed by atoms with Crippen molar-refractivity contribution in [1.29, 1.82) is 0 Å². The van der Waals surface area contributed by atoms with Gasteiger partial charge in [0.1, 0.15) is 11.5 Å². The molecule has 1 aliphatic rings. The van der Waals surface area contributed by atoms with E-state index < -0.39 is 0 Å². The number of halogens is 2. The lowest BCUT2D eigenvalue weighted by molar-refractivity contribution is 0.102. The van der Waals surface area contributed by atoms with Crippen LogP contribution in [0.25, 0.3) is 0 Å². The fourth-order valence-electron chi connectivity index (χ4n) is 2.47. The van der Waals surface area contributed by atoms with Gasteiger partial charge in [0.25, 0.3) is 5.91 Å². The van der Waals surface area contributed by atoms with E-state index in [1.165, 1.54) is 0 Å². The molecule has 0 unspecified atom stereocenters. The number of nitrogens with zero attached hydrogens (tertiary/aromatic N) is 3. The molecule has 0 radical (unpaired) electrons. The van der Waals surface area contributed by atoms with Crippen molar-refractivity contribution in [3.63, 3.8) is 0 Å². The largest absolute Gasteiger partial charge is 0.368 e. The van der Waals surface area contributed by atoms with Crippen molar-refractivity contribution in [2.45, 2.75) is 6.92 Å². The summed E-state index contributed by atoms with van der Waals surface area (Å²) < 4.78 is 0. The van der Waals surface area contributed by atoms with Crippen LogP contribution in [0.5, 0.6) is 0 Å². The molecule has 1 saturated heterocycles. The summed E-state index contributed by atoms with van der Waals surface area (Å²) in [6.45, 7) is 5.78. The van der Waals surface area contributed by atoms with Crippen LogP contribution in [0.4, 0.5) is 11.5 Å². The number of carbonyl (C=O) groups is 1. The third kappa shape index (κ3) is 4.80. The molecule has 2 aromatic rings. The second kappa shape index (κ2) is 9.42. The van der Waals surface area contributed by atoms with Crippen molar-refractivity contribution < 1.29 is 4.79 Å². The van der Waals surface area contributed by atoms with E-state index in [4.69, 9.17) is 0 Å². The Kier molecular flexibility index (Phi) is 7.91. The van der Waals surface area contributed by atoms with Crippen LogP contribution in [0.15, 0.2) is 36.7 Å². The van der Waals surface area contributed by atoms with Gasteiger partial charge in [-0.15, -0.1) is 24.8 Å². The second-order valence-corrected chi connectivity index (χ2v) is 5.26. The second-order valence-electron chi connectivity index (χ2n) is 5.26. The zero-order chi connectivity index (χ0) is 15.4. The number of amides is 1. The molecule has 0 spiro atoms. The highest BCUT2D eigenvalue weighted by Gasteiger charge is 2.13. The van der Waals surface area contributed by atoms with Crippen LogP contribution in [0, 0.1) is 6.92 Å². The lowest BCUT2D eigenvalue weighted by atomic mass is 10.2. The summed E-state index contributed by atoms with van der Waals surface area (Å²) in [6.07, 6.45) is 3.41. The third-order valence-electron chi connectivity index (χ3n) is 3.70. The lowest BCUT2D eigenvalue weighted by Crippen LogP contribution is -2.43.